The first-order chi connectivity index (χ1) is 13.2. The molecule has 0 saturated carbocycles. The summed E-state index contributed by atoms with van der Waals surface area (Å²) in [5, 5.41) is 5.94. The van der Waals surface area contributed by atoms with Gasteiger partial charge in [-0.1, -0.05) is 95.6 Å². The number of nitrogens with one attached hydrogen (secondary N) is 1. The van der Waals surface area contributed by atoms with Crippen molar-refractivity contribution in [2.75, 3.05) is 0 Å². The van der Waals surface area contributed by atoms with Crippen LogP contribution < -0.4 is 5.32 Å². The number of hydrogen-bond donors (Lipinski definition) is 1. The molecule has 4 rings (SSSR count). The lowest BCUT2D eigenvalue weighted by Crippen LogP contribution is -2.22. The van der Waals surface area contributed by atoms with Gasteiger partial charge in [0.25, 0.3) is 0 Å². The molecule has 2 atom stereocenters. The molecule has 0 spiro atoms. The molecule has 3 aromatic carbocycles. The Hall–Kier alpha value is -1.65. The van der Waals surface area contributed by atoms with E-state index in [1.165, 1.54) is 11.1 Å². The highest BCUT2D eigenvalue weighted by Gasteiger charge is 2.31. The minimum Gasteiger partial charge on any atom is -0.356 e. The van der Waals surface area contributed by atoms with Gasteiger partial charge < -0.3 is 5.32 Å². The van der Waals surface area contributed by atoms with Gasteiger partial charge in [0.1, 0.15) is 6.04 Å². The first kappa shape index (κ1) is 21.1. The van der Waals surface area contributed by atoms with Crippen molar-refractivity contribution in [1.82, 2.24) is 5.32 Å². The smallest absolute Gasteiger partial charge is 0.158 e. The van der Waals surface area contributed by atoms with Crippen LogP contribution in [0.15, 0.2) is 83.9 Å². The Labute approximate surface area is 185 Å². The Bertz CT molecular complexity index is 949. The Balaban J connectivity index is 0.00000225. The summed E-state index contributed by atoms with van der Waals surface area (Å²) in [6, 6.07) is 26.6. The Morgan fingerprint density at radius 2 is 1.50 bits per heavy atom. The van der Waals surface area contributed by atoms with Gasteiger partial charge in [0, 0.05) is 15.8 Å². The van der Waals surface area contributed by atoms with Gasteiger partial charge >= 0.3 is 0 Å². The molecule has 2 nitrogen and oxygen atoms in total. The molecule has 0 aromatic heterocycles. The Kier molecular flexibility index (Phi) is 7.30. The van der Waals surface area contributed by atoms with Crippen LogP contribution in [-0.2, 0) is 5.75 Å². The fourth-order valence-corrected chi connectivity index (χ4v) is 4.56. The molecule has 3 aromatic rings. The average molecular weight is 450 g/mol. The molecular weight excluding hydrogens is 431 g/mol. The molecule has 1 aliphatic heterocycles. The van der Waals surface area contributed by atoms with E-state index in [4.69, 9.17) is 28.2 Å². The molecular formula is C22H19Cl3N2S. The lowest BCUT2D eigenvalue weighted by atomic mass is 9.95. The topological polar surface area (TPSA) is 24.4 Å². The van der Waals surface area contributed by atoms with E-state index in [0.717, 1.165) is 15.8 Å². The van der Waals surface area contributed by atoms with Crippen molar-refractivity contribution >= 4 is 52.5 Å². The molecule has 0 amide bonds. The summed E-state index contributed by atoms with van der Waals surface area (Å²) in [4.78, 5) is 4.98. The molecule has 144 valence electrons. The van der Waals surface area contributed by atoms with E-state index in [2.05, 4.69) is 53.8 Å². The quantitative estimate of drug-likeness (QED) is 0.460. The van der Waals surface area contributed by atoms with E-state index in [1.54, 1.807) is 17.8 Å². The molecule has 1 N–H and O–H groups in total. The van der Waals surface area contributed by atoms with E-state index in [-0.39, 0.29) is 24.5 Å². The molecule has 0 aliphatic carbocycles. The summed E-state index contributed by atoms with van der Waals surface area (Å²) in [6.07, 6.45) is 0. The zero-order chi connectivity index (χ0) is 18.6. The number of amidine groups is 1. The van der Waals surface area contributed by atoms with Gasteiger partial charge in [-0.25, -0.2) is 0 Å². The normalized spacial score (nSPS) is 18.1. The third kappa shape index (κ3) is 4.84. The van der Waals surface area contributed by atoms with Crippen molar-refractivity contribution in [2.24, 2.45) is 4.99 Å². The molecule has 0 radical (unpaired) electrons. The monoisotopic (exact) mass is 448 g/mol. The summed E-state index contributed by atoms with van der Waals surface area (Å²) >= 11 is 14.1. The maximum absolute atomic E-state index is 6.30. The second-order valence-electron chi connectivity index (χ2n) is 6.35. The van der Waals surface area contributed by atoms with E-state index in [0.29, 0.717) is 10.8 Å². The molecule has 6 heteroatoms. The predicted molar refractivity (Wildman–Crippen MR) is 124 cm³/mol. The zero-order valence-electron chi connectivity index (χ0n) is 14.9. The first-order valence-corrected chi connectivity index (χ1v) is 10.5. The molecule has 1 aliphatic rings. The van der Waals surface area contributed by atoms with Crippen molar-refractivity contribution in [1.29, 1.82) is 0 Å². The van der Waals surface area contributed by atoms with Gasteiger partial charge in [0.05, 0.1) is 6.04 Å². The number of nitrogens with zero attached hydrogens (tertiary/aromatic N) is 1. The predicted octanol–water partition coefficient (Wildman–Crippen LogP) is 7.09. The van der Waals surface area contributed by atoms with Gasteiger partial charge in [-0.05, 0) is 34.9 Å². The third-order valence-corrected chi connectivity index (χ3v) is 6.08. The number of rotatable bonds is 4. The van der Waals surface area contributed by atoms with Gasteiger partial charge in [0.15, 0.2) is 5.17 Å². The van der Waals surface area contributed by atoms with E-state index < -0.39 is 0 Å². The van der Waals surface area contributed by atoms with Crippen LogP contribution in [0.1, 0.15) is 28.8 Å². The van der Waals surface area contributed by atoms with Crippen LogP contribution in [0.4, 0.5) is 0 Å². The molecule has 0 bridgehead atoms. The van der Waals surface area contributed by atoms with E-state index in [1.807, 2.05) is 24.3 Å². The highest BCUT2D eigenvalue weighted by atomic mass is 35.5. The number of thioether (sulfide) groups is 1. The number of hydrogen-bond acceptors (Lipinski definition) is 3. The Morgan fingerprint density at radius 3 is 2.18 bits per heavy atom. The van der Waals surface area contributed by atoms with Crippen molar-refractivity contribution < 1.29 is 0 Å². The molecule has 2 unspecified atom stereocenters. The minimum atomic E-state index is 0. The van der Waals surface area contributed by atoms with E-state index >= 15 is 0 Å². The maximum atomic E-state index is 6.30. The zero-order valence-corrected chi connectivity index (χ0v) is 18.0. The number of benzene rings is 3. The average Bonchev–Trinajstić information content (AvgIpc) is 3.14. The van der Waals surface area contributed by atoms with Crippen molar-refractivity contribution in [3.8, 4) is 0 Å². The fraction of sp³-hybridized carbons (Fsp3) is 0.136. The van der Waals surface area contributed by atoms with Crippen LogP contribution in [0.3, 0.4) is 0 Å². The highest BCUT2D eigenvalue weighted by Crippen LogP contribution is 2.38. The van der Waals surface area contributed by atoms with Gasteiger partial charge in [-0.15, -0.1) is 12.4 Å². The summed E-state index contributed by atoms with van der Waals surface area (Å²) in [5.74, 6) is 0.717. The highest BCUT2D eigenvalue weighted by molar-refractivity contribution is 8.13. The standard InChI is InChI=1S/C22H18Cl2N2S.ClH/c23-18-11-12-19(24)17(13-18)14-27-22-25-20(15-7-3-1-4-8-15)21(26-22)16-9-5-2-6-10-16;/h1-13,20-21H,14H2,(H,25,26);1H. The first-order valence-electron chi connectivity index (χ1n) is 8.71. The number of aliphatic imine (C=N–C) groups is 1. The lowest BCUT2D eigenvalue weighted by Gasteiger charge is -2.19. The second kappa shape index (κ2) is 9.71. The molecule has 28 heavy (non-hydrogen) atoms. The molecule has 0 saturated heterocycles. The summed E-state index contributed by atoms with van der Waals surface area (Å²) in [6.45, 7) is 0. The maximum Gasteiger partial charge on any atom is 0.158 e. The van der Waals surface area contributed by atoms with Crippen LogP contribution in [0.2, 0.25) is 10.0 Å². The van der Waals surface area contributed by atoms with Crippen LogP contribution in [0, 0.1) is 0 Å². The van der Waals surface area contributed by atoms with Crippen molar-refractivity contribution in [3.63, 3.8) is 0 Å². The van der Waals surface area contributed by atoms with Gasteiger partial charge in [0.2, 0.25) is 0 Å². The summed E-state index contributed by atoms with van der Waals surface area (Å²) < 4.78 is 0. The van der Waals surface area contributed by atoms with Crippen molar-refractivity contribution in [3.05, 3.63) is 106 Å². The lowest BCUT2D eigenvalue weighted by molar-refractivity contribution is 0.573. The summed E-state index contributed by atoms with van der Waals surface area (Å²) in [5.41, 5.74) is 3.44. The van der Waals surface area contributed by atoms with Crippen LogP contribution >= 0.6 is 47.4 Å². The minimum absolute atomic E-state index is 0. The van der Waals surface area contributed by atoms with E-state index in [9.17, 15) is 0 Å². The second-order valence-corrected chi connectivity index (χ2v) is 8.15. The molecule has 1 heterocycles. The van der Waals surface area contributed by atoms with Gasteiger partial charge in [-0.2, -0.15) is 0 Å². The Morgan fingerprint density at radius 1 is 0.857 bits per heavy atom. The summed E-state index contributed by atoms with van der Waals surface area (Å²) in [7, 11) is 0. The molecule has 0 fully saturated rings. The van der Waals surface area contributed by atoms with Crippen LogP contribution in [0.25, 0.3) is 0 Å². The van der Waals surface area contributed by atoms with Crippen LogP contribution in [-0.4, -0.2) is 5.17 Å². The fourth-order valence-electron chi connectivity index (χ4n) is 3.17. The van der Waals surface area contributed by atoms with Gasteiger partial charge in [-0.3, -0.25) is 4.99 Å². The number of halogens is 3. The third-order valence-electron chi connectivity index (χ3n) is 4.52. The SMILES string of the molecule is Cl.Clc1ccc(Cl)c(CSC2=NC(c3ccccc3)C(c3ccccc3)N2)c1. The van der Waals surface area contributed by atoms with Crippen molar-refractivity contribution in [2.45, 2.75) is 17.8 Å². The largest absolute Gasteiger partial charge is 0.356 e. The van der Waals surface area contributed by atoms with Crippen LogP contribution in [0.5, 0.6) is 0 Å².